The maximum Gasteiger partial charge on any atom is 0.573 e. The molecule has 1 N–H and O–H groups in total. The molecule has 0 atom stereocenters. The van der Waals surface area contributed by atoms with Crippen LogP contribution in [0.15, 0.2) is 54.1 Å². The summed E-state index contributed by atoms with van der Waals surface area (Å²) in [7, 11) is 1.48. The van der Waals surface area contributed by atoms with Crippen molar-refractivity contribution >= 4 is 17.7 Å². The van der Waals surface area contributed by atoms with Crippen LogP contribution in [0.3, 0.4) is 0 Å². The Kier molecular flexibility index (Phi) is 5.86. The number of anilines is 1. The fourth-order valence-electron chi connectivity index (χ4n) is 1.98. The number of ether oxygens (including phenoxy) is 2. The molecule has 0 saturated carbocycles. The third-order valence-corrected chi connectivity index (χ3v) is 3.12. The summed E-state index contributed by atoms with van der Waals surface area (Å²) in [5.41, 5.74) is 0.596. The molecule has 2 aromatic carbocycles. The number of hydrogen-bond acceptors (Lipinski definition) is 4. The van der Waals surface area contributed by atoms with Crippen LogP contribution < -0.4 is 14.8 Å². The summed E-state index contributed by atoms with van der Waals surface area (Å²) in [6.07, 6.45) is -3.53. The molecule has 0 heterocycles. The average molecular weight is 362 g/mol. The van der Waals surface area contributed by atoms with Crippen LogP contribution in [0.2, 0.25) is 0 Å². The number of benzene rings is 2. The van der Waals surface area contributed by atoms with Gasteiger partial charge in [0.1, 0.15) is 23.1 Å². The highest BCUT2D eigenvalue weighted by Gasteiger charge is 2.30. The Balaban J connectivity index is 2.13. The largest absolute Gasteiger partial charge is 0.573 e. The number of amides is 1. The van der Waals surface area contributed by atoms with Crippen molar-refractivity contribution in [3.8, 4) is 17.6 Å². The number of carbonyl (C=O) groups excluding carboxylic acids is 1. The van der Waals surface area contributed by atoms with E-state index in [-0.39, 0.29) is 5.57 Å². The minimum atomic E-state index is -4.79. The van der Waals surface area contributed by atoms with Gasteiger partial charge in [-0.3, -0.25) is 4.79 Å². The monoisotopic (exact) mass is 362 g/mol. The highest BCUT2D eigenvalue weighted by Crippen LogP contribution is 2.23. The van der Waals surface area contributed by atoms with Crippen molar-refractivity contribution in [3.05, 3.63) is 59.7 Å². The third-order valence-electron chi connectivity index (χ3n) is 3.12. The van der Waals surface area contributed by atoms with Crippen molar-refractivity contribution in [1.29, 1.82) is 5.26 Å². The van der Waals surface area contributed by atoms with Gasteiger partial charge in [-0.1, -0.05) is 18.2 Å². The maximum atomic E-state index is 12.2. The molecule has 0 spiro atoms. The lowest BCUT2D eigenvalue weighted by atomic mass is 10.1. The fourth-order valence-corrected chi connectivity index (χ4v) is 1.98. The second-order valence-corrected chi connectivity index (χ2v) is 4.97. The summed E-state index contributed by atoms with van der Waals surface area (Å²) in [5.74, 6) is -0.518. The molecule has 0 aliphatic heterocycles. The zero-order valence-electron chi connectivity index (χ0n) is 13.5. The zero-order valence-corrected chi connectivity index (χ0v) is 13.5. The fraction of sp³-hybridized carbons (Fsp3) is 0.111. The van der Waals surface area contributed by atoms with E-state index >= 15 is 0 Å². The van der Waals surface area contributed by atoms with E-state index in [2.05, 4.69) is 10.1 Å². The molecule has 0 aliphatic carbocycles. The van der Waals surface area contributed by atoms with Crippen molar-refractivity contribution in [2.45, 2.75) is 6.36 Å². The quantitative estimate of drug-likeness (QED) is 0.641. The Labute approximate surface area is 147 Å². The Hall–Kier alpha value is -3.47. The topological polar surface area (TPSA) is 71.3 Å². The molecule has 2 rings (SSSR count). The van der Waals surface area contributed by atoms with Crippen molar-refractivity contribution in [3.63, 3.8) is 0 Å². The molecule has 0 saturated heterocycles. The minimum absolute atomic E-state index is 0.211. The molecular weight excluding hydrogens is 349 g/mol. The Morgan fingerprint density at radius 3 is 2.42 bits per heavy atom. The summed E-state index contributed by atoms with van der Waals surface area (Å²) in [5, 5.41) is 11.7. The van der Waals surface area contributed by atoms with Gasteiger partial charge in [-0.05, 0) is 35.9 Å². The zero-order chi connectivity index (χ0) is 19.2. The maximum absolute atomic E-state index is 12.2. The lowest BCUT2D eigenvalue weighted by Crippen LogP contribution is -2.17. The lowest BCUT2D eigenvalue weighted by molar-refractivity contribution is -0.274. The molecule has 0 radical (unpaired) electrons. The van der Waals surface area contributed by atoms with Crippen LogP contribution in [0.1, 0.15) is 5.56 Å². The first-order valence-electron chi connectivity index (χ1n) is 7.24. The van der Waals surface area contributed by atoms with E-state index in [0.717, 1.165) is 12.1 Å². The molecule has 26 heavy (non-hydrogen) atoms. The molecule has 1 amide bonds. The first-order valence-corrected chi connectivity index (χ1v) is 7.24. The summed E-state index contributed by atoms with van der Waals surface area (Å²) in [6.45, 7) is 0. The van der Waals surface area contributed by atoms with Crippen LogP contribution in [0.5, 0.6) is 11.5 Å². The highest BCUT2D eigenvalue weighted by molar-refractivity contribution is 6.09. The molecule has 0 aliphatic rings. The van der Waals surface area contributed by atoms with Gasteiger partial charge < -0.3 is 14.8 Å². The standard InChI is InChI=1S/C18H13F3N2O3/c1-25-16-4-2-3-14(10-16)23-17(24)13(11-22)9-12-5-7-15(8-6-12)26-18(19,20)21/h2-10H,1H3,(H,23,24)/b13-9+. The van der Waals surface area contributed by atoms with E-state index < -0.39 is 18.0 Å². The van der Waals surface area contributed by atoms with Crippen LogP contribution in [-0.2, 0) is 4.79 Å². The highest BCUT2D eigenvalue weighted by atomic mass is 19.4. The number of halogens is 3. The smallest absolute Gasteiger partial charge is 0.497 e. The SMILES string of the molecule is COc1cccc(NC(=O)/C(C#N)=C/c2ccc(OC(F)(F)F)cc2)c1. The summed E-state index contributed by atoms with van der Waals surface area (Å²) in [6, 6.07) is 13.1. The molecule has 0 aromatic heterocycles. The number of carbonyl (C=O) groups is 1. The van der Waals surface area contributed by atoms with Crippen molar-refractivity contribution in [2.75, 3.05) is 12.4 Å². The third kappa shape index (κ3) is 5.56. The Bertz CT molecular complexity index is 853. The van der Waals surface area contributed by atoms with E-state index in [0.29, 0.717) is 17.0 Å². The molecule has 2 aromatic rings. The number of nitrogens with zero attached hydrogens (tertiary/aromatic N) is 1. The van der Waals surface area contributed by atoms with Gasteiger partial charge in [0.15, 0.2) is 0 Å². The normalized spacial score (nSPS) is 11.4. The predicted molar refractivity (Wildman–Crippen MR) is 88.3 cm³/mol. The van der Waals surface area contributed by atoms with Crippen LogP contribution >= 0.6 is 0 Å². The number of nitriles is 1. The Morgan fingerprint density at radius 2 is 1.85 bits per heavy atom. The average Bonchev–Trinajstić information content (AvgIpc) is 2.59. The van der Waals surface area contributed by atoms with Gasteiger partial charge in [0.2, 0.25) is 0 Å². The molecule has 5 nitrogen and oxygen atoms in total. The van der Waals surface area contributed by atoms with Crippen LogP contribution in [0.4, 0.5) is 18.9 Å². The lowest BCUT2D eigenvalue weighted by Gasteiger charge is -2.08. The van der Waals surface area contributed by atoms with E-state index in [1.165, 1.54) is 25.3 Å². The number of nitrogens with one attached hydrogen (secondary N) is 1. The first kappa shape index (κ1) is 18.9. The van der Waals surface area contributed by atoms with E-state index in [9.17, 15) is 18.0 Å². The molecule has 8 heteroatoms. The summed E-state index contributed by atoms with van der Waals surface area (Å²) >= 11 is 0. The number of hydrogen-bond donors (Lipinski definition) is 1. The summed E-state index contributed by atoms with van der Waals surface area (Å²) < 4.78 is 45.2. The predicted octanol–water partition coefficient (Wildman–Crippen LogP) is 4.14. The van der Waals surface area contributed by atoms with Crippen LogP contribution in [0, 0.1) is 11.3 Å². The number of methoxy groups -OCH3 is 1. The number of rotatable bonds is 5. The van der Waals surface area contributed by atoms with Gasteiger partial charge in [0.25, 0.3) is 5.91 Å². The van der Waals surface area contributed by atoms with Gasteiger partial charge in [-0.2, -0.15) is 5.26 Å². The number of alkyl halides is 3. The molecule has 0 unspecified atom stereocenters. The molecule has 134 valence electrons. The van der Waals surface area contributed by atoms with Crippen molar-refractivity contribution in [1.82, 2.24) is 0 Å². The molecule has 0 fully saturated rings. The van der Waals surface area contributed by atoms with E-state index in [1.807, 2.05) is 0 Å². The van der Waals surface area contributed by atoms with Gasteiger partial charge in [-0.15, -0.1) is 13.2 Å². The van der Waals surface area contributed by atoms with Crippen LogP contribution in [0.25, 0.3) is 6.08 Å². The Morgan fingerprint density at radius 1 is 1.15 bits per heavy atom. The second-order valence-electron chi connectivity index (χ2n) is 4.97. The van der Waals surface area contributed by atoms with Gasteiger partial charge in [-0.25, -0.2) is 0 Å². The minimum Gasteiger partial charge on any atom is -0.497 e. The summed E-state index contributed by atoms with van der Waals surface area (Å²) in [4.78, 5) is 12.2. The second kappa shape index (κ2) is 8.07. The van der Waals surface area contributed by atoms with E-state index in [1.54, 1.807) is 30.3 Å². The van der Waals surface area contributed by atoms with Crippen molar-refractivity contribution < 1.29 is 27.4 Å². The molecular formula is C18H13F3N2O3. The van der Waals surface area contributed by atoms with Gasteiger partial charge in [0.05, 0.1) is 7.11 Å². The van der Waals surface area contributed by atoms with Gasteiger partial charge in [0, 0.05) is 11.8 Å². The van der Waals surface area contributed by atoms with Gasteiger partial charge >= 0.3 is 6.36 Å². The van der Waals surface area contributed by atoms with E-state index in [4.69, 9.17) is 10.00 Å². The first-order chi connectivity index (χ1) is 12.3. The molecule has 0 bridgehead atoms. The van der Waals surface area contributed by atoms with Crippen molar-refractivity contribution in [2.24, 2.45) is 0 Å². The van der Waals surface area contributed by atoms with Crippen LogP contribution in [-0.4, -0.2) is 19.4 Å².